The van der Waals surface area contributed by atoms with Crippen LogP contribution in [-0.4, -0.2) is 14.9 Å². The molecule has 2 aromatic rings. The van der Waals surface area contributed by atoms with Crippen molar-refractivity contribution >= 4 is 0 Å². The predicted molar refractivity (Wildman–Crippen MR) is 55.9 cm³/mol. The fraction of sp³-hybridized carbons (Fsp3) is 0.100. The Kier molecular flexibility index (Phi) is 2.31. The van der Waals surface area contributed by atoms with Crippen LogP contribution in [0.25, 0.3) is 5.69 Å². The van der Waals surface area contributed by atoms with E-state index < -0.39 is 0 Å². The zero-order valence-corrected chi connectivity index (χ0v) is 7.97. The lowest BCUT2D eigenvalue weighted by molar-refractivity contribution is 0.475. The van der Waals surface area contributed by atoms with Crippen molar-refractivity contribution in [1.82, 2.24) is 9.78 Å². The molecule has 1 aromatic heterocycles. The van der Waals surface area contributed by atoms with Crippen LogP contribution >= 0.6 is 0 Å². The van der Waals surface area contributed by atoms with Crippen LogP contribution in [0.15, 0.2) is 35.3 Å². The van der Waals surface area contributed by atoms with Gasteiger partial charge in [0.05, 0.1) is 11.3 Å². The van der Waals surface area contributed by atoms with Crippen LogP contribution in [0.2, 0.25) is 0 Å². The molecule has 0 atom stereocenters. The minimum Gasteiger partial charge on any atom is -0.508 e. The van der Waals surface area contributed by atoms with E-state index in [0.29, 0.717) is 5.56 Å². The van der Waals surface area contributed by atoms with E-state index in [1.807, 2.05) is 0 Å². The number of nitrogens with one attached hydrogen (secondary N) is 1. The summed E-state index contributed by atoms with van der Waals surface area (Å²) in [7, 11) is 0. The van der Waals surface area contributed by atoms with Crippen LogP contribution in [0.1, 0.15) is 5.56 Å². The highest BCUT2D eigenvalue weighted by atomic mass is 16.3. The van der Waals surface area contributed by atoms with Gasteiger partial charge in [-0.15, -0.1) is 0 Å². The average molecular weight is 205 g/mol. The van der Waals surface area contributed by atoms with Gasteiger partial charge in [0.1, 0.15) is 5.75 Å². The maximum atomic E-state index is 11.3. The summed E-state index contributed by atoms with van der Waals surface area (Å²) in [5.74, 6) is 0.187. The first kappa shape index (κ1) is 9.54. The van der Waals surface area contributed by atoms with E-state index in [4.69, 9.17) is 10.8 Å². The van der Waals surface area contributed by atoms with Crippen molar-refractivity contribution in [2.45, 2.75) is 6.54 Å². The Bertz CT molecular complexity index is 510. The number of H-pyrrole nitrogens is 1. The number of phenolic OH excluding ortho intramolecular Hbond substituents is 1. The Morgan fingerprint density at radius 3 is 2.53 bits per heavy atom. The first-order valence-corrected chi connectivity index (χ1v) is 4.50. The number of nitrogens with zero attached hydrogens (tertiary/aromatic N) is 1. The molecular weight excluding hydrogens is 194 g/mol. The second-order valence-corrected chi connectivity index (χ2v) is 3.19. The van der Waals surface area contributed by atoms with E-state index in [2.05, 4.69) is 5.10 Å². The van der Waals surface area contributed by atoms with Gasteiger partial charge in [-0.05, 0) is 24.3 Å². The van der Waals surface area contributed by atoms with Gasteiger partial charge in [-0.3, -0.25) is 14.6 Å². The molecule has 0 spiro atoms. The zero-order valence-electron chi connectivity index (χ0n) is 7.97. The quantitative estimate of drug-likeness (QED) is 0.660. The topological polar surface area (TPSA) is 84.0 Å². The second-order valence-electron chi connectivity index (χ2n) is 3.19. The molecule has 2 rings (SSSR count). The maximum absolute atomic E-state index is 11.3. The summed E-state index contributed by atoms with van der Waals surface area (Å²) in [6.07, 6.45) is 1.65. The largest absolute Gasteiger partial charge is 0.508 e. The Balaban J connectivity index is 2.45. The van der Waals surface area contributed by atoms with Crippen molar-refractivity contribution in [3.8, 4) is 11.4 Å². The molecular formula is C10H11N3O2. The number of rotatable bonds is 2. The molecule has 0 saturated carbocycles. The number of benzene rings is 1. The normalized spacial score (nSPS) is 10.5. The number of hydrogen-bond acceptors (Lipinski definition) is 3. The molecule has 1 aromatic carbocycles. The van der Waals surface area contributed by atoms with Gasteiger partial charge in [-0.2, -0.15) is 0 Å². The lowest BCUT2D eigenvalue weighted by Gasteiger charge is -2.01. The first-order valence-electron chi connectivity index (χ1n) is 4.50. The number of phenols is 1. The molecule has 0 bridgehead atoms. The molecule has 0 saturated heterocycles. The van der Waals surface area contributed by atoms with Gasteiger partial charge in [0.25, 0.3) is 5.56 Å². The van der Waals surface area contributed by atoms with Gasteiger partial charge in [0, 0.05) is 12.7 Å². The van der Waals surface area contributed by atoms with Gasteiger partial charge in [0.15, 0.2) is 0 Å². The molecule has 0 unspecified atom stereocenters. The second kappa shape index (κ2) is 3.62. The van der Waals surface area contributed by atoms with E-state index in [1.54, 1.807) is 35.1 Å². The van der Waals surface area contributed by atoms with Crippen molar-refractivity contribution in [2.24, 2.45) is 5.73 Å². The lowest BCUT2D eigenvalue weighted by atomic mass is 10.3. The Hall–Kier alpha value is -2.01. The van der Waals surface area contributed by atoms with E-state index in [1.165, 1.54) is 0 Å². The molecule has 1 heterocycles. The van der Waals surface area contributed by atoms with Gasteiger partial charge in [-0.25, -0.2) is 0 Å². The van der Waals surface area contributed by atoms with Gasteiger partial charge < -0.3 is 10.8 Å². The number of aromatic hydroxyl groups is 1. The minimum atomic E-state index is -0.189. The molecule has 5 heteroatoms. The Morgan fingerprint density at radius 2 is 2.00 bits per heavy atom. The first-order chi connectivity index (χ1) is 7.20. The molecule has 0 aliphatic rings. The fourth-order valence-electron chi connectivity index (χ4n) is 1.33. The third kappa shape index (κ3) is 1.77. The average Bonchev–Trinajstić information content (AvgIpc) is 2.61. The summed E-state index contributed by atoms with van der Waals surface area (Å²) in [6.45, 7) is 0.209. The van der Waals surface area contributed by atoms with Gasteiger partial charge >= 0.3 is 0 Å². The van der Waals surface area contributed by atoms with Crippen LogP contribution < -0.4 is 11.3 Å². The predicted octanol–water partition coefficient (Wildman–Crippen LogP) is 0.330. The maximum Gasteiger partial charge on any atom is 0.268 e. The summed E-state index contributed by atoms with van der Waals surface area (Å²) >= 11 is 0. The third-order valence-corrected chi connectivity index (χ3v) is 2.15. The smallest absolute Gasteiger partial charge is 0.268 e. The van der Waals surface area contributed by atoms with Crippen molar-refractivity contribution < 1.29 is 5.11 Å². The van der Waals surface area contributed by atoms with E-state index in [0.717, 1.165) is 5.69 Å². The van der Waals surface area contributed by atoms with Crippen molar-refractivity contribution in [2.75, 3.05) is 0 Å². The van der Waals surface area contributed by atoms with Crippen LogP contribution in [-0.2, 0) is 6.54 Å². The van der Waals surface area contributed by atoms with Crippen molar-refractivity contribution in [3.05, 3.63) is 46.4 Å². The highest BCUT2D eigenvalue weighted by Crippen LogP contribution is 2.12. The third-order valence-electron chi connectivity index (χ3n) is 2.15. The van der Waals surface area contributed by atoms with Crippen LogP contribution in [0, 0.1) is 0 Å². The van der Waals surface area contributed by atoms with E-state index in [-0.39, 0.29) is 17.9 Å². The van der Waals surface area contributed by atoms with E-state index in [9.17, 15) is 4.79 Å². The van der Waals surface area contributed by atoms with E-state index >= 15 is 0 Å². The SMILES string of the molecule is NCc1cn(-c2ccc(O)cc2)[nH]c1=O. The highest BCUT2D eigenvalue weighted by Gasteiger charge is 2.03. The van der Waals surface area contributed by atoms with Crippen molar-refractivity contribution in [3.63, 3.8) is 0 Å². The molecule has 0 aliphatic carbocycles. The monoisotopic (exact) mass is 205 g/mol. The molecule has 5 nitrogen and oxygen atoms in total. The summed E-state index contributed by atoms with van der Waals surface area (Å²) in [6, 6.07) is 6.50. The van der Waals surface area contributed by atoms with Crippen molar-refractivity contribution in [1.29, 1.82) is 0 Å². The Morgan fingerprint density at radius 1 is 1.33 bits per heavy atom. The summed E-state index contributed by atoms with van der Waals surface area (Å²) < 4.78 is 1.57. The molecule has 0 aliphatic heterocycles. The Labute approximate surface area is 85.8 Å². The van der Waals surface area contributed by atoms with Crippen LogP contribution in [0.3, 0.4) is 0 Å². The number of aromatic nitrogens is 2. The molecule has 4 N–H and O–H groups in total. The van der Waals surface area contributed by atoms with Gasteiger partial charge in [0.2, 0.25) is 0 Å². The molecule has 15 heavy (non-hydrogen) atoms. The standard InChI is InChI=1S/C10H11N3O2/c11-5-7-6-13(12-10(7)15)8-1-3-9(14)4-2-8/h1-4,6,14H,5,11H2,(H,12,15). The van der Waals surface area contributed by atoms with Crippen LogP contribution in [0.5, 0.6) is 5.75 Å². The highest BCUT2D eigenvalue weighted by molar-refractivity contribution is 5.36. The summed E-state index contributed by atoms with van der Waals surface area (Å²) in [5.41, 5.74) is 6.50. The van der Waals surface area contributed by atoms with Gasteiger partial charge in [-0.1, -0.05) is 0 Å². The fourth-order valence-corrected chi connectivity index (χ4v) is 1.33. The number of nitrogens with two attached hydrogens (primary N) is 1. The number of aromatic amines is 1. The molecule has 0 fully saturated rings. The number of hydrogen-bond donors (Lipinski definition) is 3. The summed E-state index contributed by atoms with van der Waals surface area (Å²) in [5, 5.41) is 11.7. The molecule has 78 valence electrons. The molecule has 0 radical (unpaired) electrons. The minimum absolute atomic E-state index is 0.187. The summed E-state index contributed by atoms with van der Waals surface area (Å²) in [4.78, 5) is 11.3. The molecule has 0 amide bonds. The lowest BCUT2D eigenvalue weighted by Crippen LogP contribution is -2.10. The zero-order chi connectivity index (χ0) is 10.8. The van der Waals surface area contributed by atoms with Crippen LogP contribution in [0.4, 0.5) is 0 Å².